The van der Waals surface area contributed by atoms with E-state index in [9.17, 15) is 4.79 Å². The fraction of sp³-hybridized carbons (Fsp3) is 0.714. The van der Waals surface area contributed by atoms with Gasteiger partial charge in [-0.05, 0) is 49.9 Å². The Morgan fingerprint density at radius 2 is 2.10 bits per heavy atom. The first-order chi connectivity index (χ1) is 9.66. The van der Waals surface area contributed by atoms with E-state index in [1.807, 2.05) is 0 Å². The summed E-state index contributed by atoms with van der Waals surface area (Å²) in [5.74, 6) is 1.15. The van der Waals surface area contributed by atoms with E-state index >= 15 is 0 Å². The Kier molecular flexibility index (Phi) is 2.70. The minimum absolute atomic E-state index is 0.0595. The van der Waals surface area contributed by atoms with Crippen molar-refractivity contribution in [3.05, 3.63) is 4.88 Å². The van der Waals surface area contributed by atoms with E-state index in [1.165, 1.54) is 49.9 Å². The lowest BCUT2D eigenvalue weighted by atomic mass is 10.0. The van der Waals surface area contributed by atoms with Gasteiger partial charge in [-0.25, -0.2) is 4.98 Å². The van der Waals surface area contributed by atoms with Gasteiger partial charge in [-0.2, -0.15) is 0 Å². The normalized spacial score (nSPS) is 23.4. The Labute approximate surface area is 122 Å². The van der Waals surface area contributed by atoms with Crippen molar-refractivity contribution >= 4 is 28.2 Å². The Morgan fingerprint density at radius 1 is 1.35 bits per heavy atom. The SMILES string of the molecule is Nc1nc(NC2CC2)sc1C(=O)NCC1(C2CC2)CC1. The zero-order valence-corrected chi connectivity index (χ0v) is 12.3. The van der Waals surface area contributed by atoms with Crippen molar-refractivity contribution < 1.29 is 4.79 Å². The fourth-order valence-corrected chi connectivity index (χ4v) is 3.76. The third-order valence-electron chi connectivity index (χ3n) is 4.70. The molecule has 3 fully saturated rings. The molecule has 5 nitrogen and oxygen atoms in total. The topological polar surface area (TPSA) is 80.0 Å². The molecule has 0 spiro atoms. The van der Waals surface area contributed by atoms with Crippen molar-refractivity contribution in [1.29, 1.82) is 0 Å². The van der Waals surface area contributed by atoms with Crippen molar-refractivity contribution in [2.24, 2.45) is 11.3 Å². The molecule has 108 valence electrons. The highest BCUT2D eigenvalue weighted by Crippen LogP contribution is 2.60. The summed E-state index contributed by atoms with van der Waals surface area (Å²) in [6.45, 7) is 0.805. The molecule has 1 amide bonds. The molecule has 4 N–H and O–H groups in total. The molecule has 0 aliphatic heterocycles. The van der Waals surface area contributed by atoms with Crippen LogP contribution < -0.4 is 16.4 Å². The molecule has 6 heteroatoms. The molecule has 0 aromatic carbocycles. The molecule has 0 saturated heterocycles. The van der Waals surface area contributed by atoms with Crippen LogP contribution >= 0.6 is 11.3 Å². The van der Waals surface area contributed by atoms with E-state index in [1.54, 1.807) is 0 Å². The smallest absolute Gasteiger partial charge is 0.265 e. The van der Waals surface area contributed by atoms with E-state index in [2.05, 4.69) is 15.6 Å². The van der Waals surface area contributed by atoms with Gasteiger partial charge in [0.1, 0.15) is 10.7 Å². The van der Waals surface area contributed by atoms with Crippen LogP contribution in [0.25, 0.3) is 0 Å². The number of nitrogen functional groups attached to an aromatic ring is 1. The number of nitrogens with zero attached hydrogens (tertiary/aromatic N) is 1. The van der Waals surface area contributed by atoms with Gasteiger partial charge in [-0.1, -0.05) is 11.3 Å². The second-order valence-electron chi connectivity index (χ2n) is 6.47. The van der Waals surface area contributed by atoms with Gasteiger partial charge in [-0.15, -0.1) is 0 Å². The fourth-order valence-electron chi connectivity index (χ4n) is 2.88. The Morgan fingerprint density at radius 3 is 2.70 bits per heavy atom. The first-order valence-corrected chi connectivity index (χ1v) is 8.29. The monoisotopic (exact) mass is 292 g/mol. The van der Waals surface area contributed by atoms with Gasteiger partial charge < -0.3 is 16.4 Å². The van der Waals surface area contributed by atoms with Crippen LogP contribution in [0.3, 0.4) is 0 Å². The molecule has 1 aromatic rings. The number of aromatic nitrogens is 1. The van der Waals surface area contributed by atoms with Crippen LogP contribution in [-0.2, 0) is 0 Å². The summed E-state index contributed by atoms with van der Waals surface area (Å²) in [5.41, 5.74) is 6.28. The molecule has 0 unspecified atom stereocenters. The molecular weight excluding hydrogens is 272 g/mol. The van der Waals surface area contributed by atoms with Crippen LogP contribution in [0.2, 0.25) is 0 Å². The number of hydrogen-bond donors (Lipinski definition) is 3. The Hall–Kier alpha value is -1.30. The minimum Gasteiger partial charge on any atom is -0.382 e. The Balaban J connectivity index is 1.38. The molecule has 0 radical (unpaired) electrons. The number of carbonyl (C=O) groups is 1. The second kappa shape index (κ2) is 4.35. The third kappa shape index (κ3) is 2.37. The molecule has 0 atom stereocenters. The first-order valence-electron chi connectivity index (χ1n) is 7.47. The number of carbonyl (C=O) groups excluding carboxylic acids is 1. The quantitative estimate of drug-likeness (QED) is 0.751. The highest BCUT2D eigenvalue weighted by molar-refractivity contribution is 7.18. The molecule has 1 heterocycles. The summed E-state index contributed by atoms with van der Waals surface area (Å²) in [6.07, 6.45) is 7.59. The van der Waals surface area contributed by atoms with Crippen LogP contribution in [0.4, 0.5) is 10.9 Å². The van der Waals surface area contributed by atoms with Crippen LogP contribution in [0.1, 0.15) is 48.2 Å². The molecule has 3 saturated carbocycles. The zero-order chi connectivity index (χ0) is 13.7. The maximum absolute atomic E-state index is 12.2. The number of nitrogens with one attached hydrogen (secondary N) is 2. The van der Waals surface area contributed by atoms with Crippen LogP contribution in [-0.4, -0.2) is 23.5 Å². The van der Waals surface area contributed by atoms with Gasteiger partial charge >= 0.3 is 0 Å². The number of thiazole rings is 1. The average Bonchev–Trinajstić information content (AvgIpc) is 3.25. The zero-order valence-electron chi connectivity index (χ0n) is 11.4. The summed E-state index contributed by atoms with van der Waals surface area (Å²) in [4.78, 5) is 17.0. The summed E-state index contributed by atoms with van der Waals surface area (Å²) in [6, 6.07) is 0.529. The van der Waals surface area contributed by atoms with Crippen molar-refractivity contribution in [3.8, 4) is 0 Å². The molecule has 3 aliphatic rings. The highest BCUT2D eigenvalue weighted by Gasteiger charge is 2.53. The summed E-state index contributed by atoms with van der Waals surface area (Å²) < 4.78 is 0. The summed E-state index contributed by atoms with van der Waals surface area (Å²) in [5, 5.41) is 7.14. The van der Waals surface area contributed by atoms with Gasteiger partial charge in [0.25, 0.3) is 5.91 Å². The van der Waals surface area contributed by atoms with E-state index in [-0.39, 0.29) is 5.91 Å². The van der Waals surface area contributed by atoms with Gasteiger partial charge in [0.05, 0.1) is 0 Å². The molecule has 20 heavy (non-hydrogen) atoms. The van der Waals surface area contributed by atoms with Crippen molar-refractivity contribution in [2.45, 2.75) is 44.6 Å². The van der Waals surface area contributed by atoms with E-state index in [0.717, 1.165) is 17.6 Å². The van der Waals surface area contributed by atoms with Crippen molar-refractivity contribution in [3.63, 3.8) is 0 Å². The number of amides is 1. The maximum Gasteiger partial charge on any atom is 0.265 e. The minimum atomic E-state index is -0.0595. The number of rotatable bonds is 6. The summed E-state index contributed by atoms with van der Waals surface area (Å²) >= 11 is 1.37. The molecule has 0 bridgehead atoms. The van der Waals surface area contributed by atoms with Crippen LogP contribution in [0, 0.1) is 11.3 Å². The van der Waals surface area contributed by atoms with E-state index in [4.69, 9.17) is 5.73 Å². The van der Waals surface area contributed by atoms with Gasteiger partial charge in [-0.3, -0.25) is 4.79 Å². The predicted molar refractivity (Wildman–Crippen MR) is 79.9 cm³/mol. The predicted octanol–water partition coefficient (Wildman–Crippen LogP) is 2.22. The van der Waals surface area contributed by atoms with Crippen LogP contribution in [0.15, 0.2) is 0 Å². The van der Waals surface area contributed by atoms with E-state index < -0.39 is 0 Å². The van der Waals surface area contributed by atoms with Crippen molar-refractivity contribution in [2.75, 3.05) is 17.6 Å². The average molecular weight is 292 g/mol. The first kappa shape index (κ1) is 12.4. The maximum atomic E-state index is 12.2. The third-order valence-corrected chi connectivity index (χ3v) is 5.70. The van der Waals surface area contributed by atoms with Gasteiger partial charge in [0.15, 0.2) is 5.13 Å². The van der Waals surface area contributed by atoms with Gasteiger partial charge in [0.2, 0.25) is 0 Å². The van der Waals surface area contributed by atoms with Crippen molar-refractivity contribution in [1.82, 2.24) is 10.3 Å². The second-order valence-corrected chi connectivity index (χ2v) is 7.47. The molecular formula is C14H20N4OS. The number of nitrogens with two attached hydrogens (primary N) is 1. The lowest BCUT2D eigenvalue weighted by Crippen LogP contribution is -2.31. The standard InChI is InChI=1S/C14H20N4OS/c15-11-10(20-13(18-11)17-9-3-4-9)12(19)16-7-14(5-6-14)8-1-2-8/h8-9H,1-7,15H2,(H,16,19)(H,17,18). The Bertz CT molecular complexity index is 543. The lowest BCUT2D eigenvalue weighted by Gasteiger charge is -2.14. The molecule has 4 rings (SSSR count). The number of anilines is 2. The summed E-state index contributed by atoms with van der Waals surface area (Å²) in [7, 11) is 0. The lowest BCUT2D eigenvalue weighted by molar-refractivity contribution is 0.0947. The van der Waals surface area contributed by atoms with Crippen LogP contribution in [0.5, 0.6) is 0 Å². The highest BCUT2D eigenvalue weighted by atomic mass is 32.1. The number of hydrogen-bond acceptors (Lipinski definition) is 5. The van der Waals surface area contributed by atoms with Gasteiger partial charge in [0, 0.05) is 12.6 Å². The van der Waals surface area contributed by atoms with E-state index in [0.29, 0.717) is 22.2 Å². The largest absolute Gasteiger partial charge is 0.382 e. The molecule has 3 aliphatic carbocycles. The molecule has 1 aromatic heterocycles.